The second kappa shape index (κ2) is 5.82. The number of hydrogen-bond donors (Lipinski definition) is 1. The molecule has 2 rings (SSSR count). The van der Waals surface area contributed by atoms with Crippen LogP contribution in [0.15, 0.2) is 40.9 Å². The monoisotopic (exact) mass is 312 g/mol. The molecule has 0 unspecified atom stereocenters. The molecule has 1 aromatic heterocycles. The van der Waals surface area contributed by atoms with E-state index in [4.69, 9.17) is 4.52 Å². The maximum atomic E-state index is 12.9. The van der Waals surface area contributed by atoms with Gasteiger partial charge in [-0.1, -0.05) is 35.5 Å². The number of rotatable bonds is 4. The summed E-state index contributed by atoms with van der Waals surface area (Å²) in [6, 6.07) is 10.1. The van der Waals surface area contributed by atoms with Crippen molar-refractivity contribution in [1.82, 2.24) is 5.16 Å². The Balaban J connectivity index is 2.05. The molecule has 0 atom stereocenters. The van der Waals surface area contributed by atoms with Gasteiger partial charge in [0.15, 0.2) is 11.6 Å². The zero-order valence-electron chi connectivity index (χ0n) is 12.1. The summed E-state index contributed by atoms with van der Waals surface area (Å²) in [5.74, 6) is -0.765. The highest BCUT2D eigenvalue weighted by atomic mass is 19.4. The summed E-state index contributed by atoms with van der Waals surface area (Å²) in [6.07, 6.45) is -4.37. The summed E-state index contributed by atoms with van der Waals surface area (Å²) in [5.41, 5.74) is -1.39. The van der Waals surface area contributed by atoms with E-state index in [9.17, 15) is 18.0 Å². The van der Waals surface area contributed by atoms with Gasteiger partial charge in [-0.3, -0.25) is 4.79 Å². The quantitative estimate of drug-likeness (QED) is 0.936. The fraction of sp³-hybridized carbons (Fsp3) is 0.333. The van der Waals surface area contributed by atoms with Gasteiger partial charge in [0.2, 0.25) is 5.91 Å². The van der Waals surface area contributed by atoms with Crippen molar-refractivity contribution in [2.24, 2.45) is 0 Å². The van der Waals surface area contributed by atoms with Crippen LogP contribution in [0.1, 0.15) is 25.2 Å². The highest BCUT2D eigenvalue weighted by molar-refractivity contribution is 5.91. The second-order valence-electron chi connectivity index (χ2n) is 5.41. The van der Waals surface area contributed by atoms with Gasteiger partial charge in [-0.25, -0.2) is 0 Å². The number of aromatic nitrogens is 1. The minimum absolute atomic E-state index is 0.0340. The summed E-state index contributed by atoms with van der Waals surface area (Å²) >= 11 is 0. The molecule has 22 heavy (non-hydrogen) atoms. The highest BCUT2D eigenvalue weighted by Gasteiger charge is 2.51. The molecule has 118 valence electrons. The lowest BCUT2D eigenvalue weighted by Gasteiger charge is -2.24. The highest BCUT2D eigenvalue weighted by Crippen LogP contribution is 2.40. The van der Waals surface area contributed by atoms with Crippen LogP contribution in [0.5, 0.6) is 0 Å². The number of amides is 1. The molecule has 1 aromatic carbocycles. The van der Waals surface area contributed by atoms with Crippen LogP contribution in [0.25, 0.3) is 0 Å². The Labute approximate surface area is 125 Å². The fourth-order valence-electron chi connectivity index (χ4n) is 1.74. The molecule has 0 fully saturated rings. The number of nitrogens with one attached hydrogen (secondary N) is 1. The van der Waals surface area contributed by atoms with Crippen LogP contribution in [-0.2, 0) is 16.6 Å². The predicted octanol–water partition coefficient (Wildman–Crippen LogP) is 3.70. The average molecular weight is 312 g/mol. The SMILES string of the molecule is CC(C)(c1cc(NC(=O)Cc2ccccc2)no1)C(F)(F)F. The first-order valence-corrected chi connectivity index (χ1v) is 6.58. The van der Waals surface area contributed by atoms with Crippen LogP contribution in [-0.4, -0.2) is 17.2 Å². The van der Waals surface area contributed by atoms with Crippen LogP contribution >= 0.6 is 0 Å². The van der Waals surface area contributed by atoms with E-state index in [1.807, 2.05) is 6.07 Å². The molecular weight excluding hydrogens is 297 g/mol. The standard InChI is InChI=1S/C15H15F3N2O2/c1-14(2,15(16,17)18)11-9-12(20-22-11)19-13(21)8-10-6-4-3-5-7-10/h3-7,9H,8H2,1-2H3,(H,19,20,21). The molecule has 0 spiro atoms. The van der Waals surface area contributed by atoms with Crippen LogP contribution in [0.2, 0.25) is 0 Å². The van der Waals surface area contributed by atoms with Crippen molar-refractivity contribution in [2.75, 3.05) is 5.32 Å². The molecule has 0 saturated carbocycles. The normalized spacial score (nSPS) is 12.2. The molecule has 2 aromatic rings. The minimum Gasteiger partial charge on any atom is -0.358 e. The van der Waals surface area contributed by atoms with Gasteiger partial charge in [0.25, 0.3) is 0 Å². The summed E-state index contributed by atoms with van der Waals surface area (Å²) in [5, 5.41) is 5.89. The maximum Gasteiger partial charge on any atom is 0.401 e. The Hall–Kier alpha value is -2.31. The molecule has 0 saturated heterocycles. The van der Waals surface area contributed by atoms with Crippen LogP contribution in [0, 0.1) is 0 Å². The Morgan fingerprint density at radius 2 is 1.86 bits per heavy atom. The van der Waals surface area contributed by atoms with Gasteiger partial charge < -0.3 is 9.84 Å². The largest absolute Gasteiger partial charge is 0.401 e. The summed E-state index contributed by atoms with van der Waals surface area (Å²) in [4.78, 5) is 11.8. The first-order chi connectivity index (χ1) is 10.2. The third-order valence-electron chi connectivity index (χ3n) is 3.31. The number of carbonyl (C=O) groups excluding carboxylic acids is 1. The number of anilines is 1. The van der Waals surface area contributed by atoms with Crippen molar-refractivity contribution in [2.45, 2.75) is 31.9 Å². The number of nitrogens with zero attached hydrogens (tertiary/aromatic N) is 1. The topological polar surface area (TPSA) is 55.1 Å². The van der Waals surface area contributed by atoms with E-state index in [1.54, 1.807) is 24.3 Å². The van der Waals surface area contributed by atoms with Crippen molar-refractivity contribution >= 4 is 11.7 Å². The van der Waals surface area contributed by atoms with E-state index in [0.29, 0.717) is 0 Å². The molecule has 0 aliphatic rings. The van der Waals surface area contributed by atoms with Gasteiger partial charge >= 0.3 is 6.18 Å². The first-order valence-electron chi connectivity index (χ1n) is 6.58. The number of alkyl halides is 3. The van der Waals surface area contributed by atoms with Gasteiger partial charge in [-0.2, -0.15) is 13.2 Å². The third kappa shape index (κ3) is 3.47. The van der Waals surface area contributed by atoms with Gasteiger partial charge in [-0.05, 0) is 19.4 Å². The molecule has 4 nitrogen and oxygen atoms in total. The number of carbonyl (C=O) groups is 1. The van der Waals surface area contributed by atoms with Gasteiger partial charge in [0, 0.05) is 6.07 Å². The van der Waals surface area contributed by atoms with Gasteiger partial charge in [-0.15, -0.1) is 0 Å². The first kappa shape index (κ1) is 16.1. The lowest BCUT2D eigenvalue weighted by molar-refractivity contribution is -0.185. The molecule has 1 N–H and O–H groups in total. The molecule has 0 aliphatic carbocycles. The molecule has 7 heteroatoms. The fourth-order valence-corrected chi connectivity index (χ4v) is 1.74. The summed E-state index contributed by atoms with van der Waals surface area (Å²) in [7, 11) is 0. The lowest BCUT2D eigenvalue weighted by Crippen LogP contribution is -2.35. The van der Waals surface area contributed by atoms with Crippen molar-refractivity contribution in [3.05, 3.63) is 47.7 Å². The molecule has 0 aliphatic heterocycles. The van der Waals surface area contributed by atoms with Crippen LogP contribution < -0.4 is 5.32 Å². The van der Waals surface area contributed by atoms with Crippen molar-refractivity contribution in [3.63, 3.8) is 0 Å². The van der Waals surface area contributed by atoms with Crippen LogP contribution in [0.3, 0.4) is 0 Å². The smallest absolute Gasteiger partial charge is 0.358 e. The van der Waals surface area contributed by atoms with Crippen molar-refractivity contribution < 1.29 is 22.5 Å². The van der Waals surface area contributed by atoms with Crippen molar-refractivity contribution in [3.8, 4) is 0 Å². The summed E-state index contributed by atoms with van der Waals surface area (Å²) in [6.45, 7) is 1.98. The Bertz CT molecular complexity index is 648. The Morgan fingerprint density at radius 1 is 1.23 bits per heavy atom. The van der Waals surface area contributed by atoms with E-state index >= 15 is 0 Å². The van der Waals surface area contributed by atoms with E-state index in [0.717, 1.165) is 25.5 Å². The maximum absolute atomic E-state index is 12.9. The second-order valence-corrected chi connectivity index (χ2v) is 5.41. The lowest BCUT2D eigenvalue weighted by atomic mass is 9.89. The summed E-state index contributed by atoms with van der Waals surface area (Å²) < 4.78 is 43.4. The zero-order chi connectivity index (χ0) is 16.4. The third-order valence-corrected chi connectivity index (χ3v) is 3.31. The van der Waals surface area contributed by atoms with E-state index in [-0.39, 0.29) is 23.9 Å². The van der Waals surface area contributed by atoms with E-state index in [2.05, 4.69) is 10.5 Å². The molecule has 1 amide bonds. The van der Waals surface area contributed by atoms with Gasteiger partial charge in [0.1, 0.15) is 5.41 Å². The van der Waals surface area contributed by atoms with Crippen LogP contribution in [0.4, 0.5) is 19.0 Å². The number of benzene rings is 1. The zero-order valence-corrected chi connectivity index (χ0v) is 12.1. The Kier molecular flexibility index (Phi) is 4.25. The minimum atomic E-state index is -4.47. The molecular formula is C15H15F3N2O2. The van der Waals surface area contributed by atoms with Gasteiger partial charge in [0.05, 0.1) is 6.42 Å². The Morgan fingerprint density at radius 3 is 2.45 bits per heavy atom. The molecule has 1 heterocycles. The van der Waals surface area contributed by atoms with Crippen molar-refractivity contribution in [1.29, 1.82) is 0 Å². The molecule has 0 bridgehead atoms. The predicted molar refractivity (Wildman–Crippen MR) is 74.4 cm³/mol. The number of halogens is 3. The number of hydrogen-bond acceptors (Lipinski definition) is 3. The van der Waals surface area contributed by atoms with E-state index in [1.165, 1.54) is 0 Å². The average Bonchev–Trinajstić information content (AvgIpc) is 2.87. The van der Waals surface area contributed by atoms with E-state index < -0.39 is 11.6 Å². The molecule has 0 radical (unpaired) electrons.